The van der Waals surface area contributed by atoms with Gasteiger partial charge in [-0.05, 0) is 44.9 Å². The summed E-state index contributed by atoms with van der Waals surface area (Å²) in [5.41, 5.74) is 2.23. The Morgan fingerprint density at radius 2 is 2.19 bits per heavy atom. The molecule has 0 bridgehead atoms. The molecule has 0 saturated heterocycles. The molecule has 0 radical (unpaired) electrons. The van der Waals surface area contributed by atoms with Crippen molar-refractivity contribution in [3.8, 4) is 0 Å². The van der Waals surface area contributed by atoms with Crippen LogP contribution in [-0.2, 0) is 13.5 Å². The summed E-state index contributed by atoms with van der Waals surface area (Å²) in [5, 5.41) is 5.45. The van der Waals surface area contributed by atoms with Gasteiger partial charge in [0.1, 0.15) is 5.15 Å². The number of halogens is 2. The van der Waals surface area contributed by atoms with Gasteiger partial charge in [0.15, 0.2) is 0 Å². The summed E-state index contributed by atoms with van der Waals surface area (Å²) < 4.78 is 1.74. The normalized spacial score (nSPS) is 17.8. The number of aryl methyl sites for hydroxylation is 2. The fourth-order valence-electron chi connectivity index (χ4n) is 2.13. The Morgan fingerprint density at radius 3 is 2.69 bits per heavy atom. The molecule has 1 saturated carbocycles. The van der Waals surface area contributed by atoms with Crippen LogP contribution in [0.3, 0.4) is 0 Å². The molecular weight excluding hydrogens is 243 g/mol. The minimum atomic E-state index is 0.371. The SMILES string of the molecule is Cc1nn(C)c(Cl)c1CCCC(Cl)C1CC1. The third kappa shape index (κ3) is 2.72. The van der Waals surface area contributed by atoms with Gasteiger partial charge in [-0.2, -0.15) is 5.10 Å². The minimum absolute atomic E-state index is 0.371. The molecule has 1 aliphatic rings. The molecule has 1 heterocycles. The smallest absolute Gasteiger partial charge is 0.130 e. The molecule has 1 aliphatic carbocycles. The molecule has 2 rings (SSSR count). The van der Waals surface area contributed by atoms with Crippen molar-refractivity contribution in [2.45, 2.75) is 44.4 Å². The Labute approximate surface area is 107 Å². The monoisotopic (exact) mass is 260 g/mol. The van der Waals surface area contributed by atoms with Crippen LogP contribution in [0.4, 0.5) is 0 Å². The summed E-state index contributed by atoms with van der Waals surface area (Å²) in [5.74, 6) is 0.784. The Bertz CT molecular complexity index is 369. The minimum Gasteiger partial charge on any atom is -0.257 e. The third-order valence-electron chi connectivity index (χ3n) is 3.31. The maximum Gasteiger partial charge on any atom is 0.130 e. The van der Waals surface area contributed by atoms with Gasteiger partial charge >= 0.3 is 0 Å². The predicted octanol–water partition coefficient (Wildman–Crippen LogP) is 3.72. The first kappa shape index (κ1) is 12.3. The molecule has 1 aromatic rings. The summed E-state index contributed by atoms with van der Waals surface area (Å²) in [7, 11) is 1.88. The van der Waals surface area contributed by atoms with Crippen molar-refractivity contribution < 1.29 is 0 Å². The van der Waals surface area contributed by atoms with Gasteiger partial charge in [0, 0.05) is 18.0 Å². The van der Waals surface area contributed by atoms with Gasteiger partial charge in [-0.3, -0.25) is 4.68 Å². The number of aromatic nitrogens is 2. The first-order valence-corrected chi connectivity index (χ1v) is 6.73. The number of rotatable bonds is 5. The lowest BCUT2D eigenvalue weighted by Gasteiger charge is -2.07. The molecule has 1 fully saturated rings. The topological polar surface area (TPSA) is 17.8 Å². The Kier molecular flexibility index (Phi) is 3.81. The van der Waals surface area contributed by atoms with Gasteiger partial charge in [0.05, 0.1) is 5.69 Å². The van der Waals surface area contributed by atoms with E-state index in [2.05, 4.69) is 5.10 Å². The van der Waals surface area contributed by atoms with E-state index in [9.17, 15) is 0 Å². The Hall–Kier alpha value is -0.210. The molecule has 16 heavy (non-hydrogen) atoms. The van der Waals surface area contributed by atoms with Crippen molar-refractivity contribution in [2.75, 3.05) is 0 Å². The highest BCUT2D eigenvalue weighted by Crippen LogP contribution is 2.38. The quantitative estimate of drug-likeness (QED) is 0.738. The van der Waals surface area contributed by atoms with Crippen molar-refractivity contribution in [1.29, 1.82) is 0 Å². The zero-order valence-corrected chi connectivity index (χ0v) is 11.4. The summed E-state index contributed by atoms with van der Waals surface area (Å²) in [4.78, 5) is 0. The predicted molar refractivity (Wildman–Crippen MR) is 68.3 cm³/mol. The largest absolute Gasteiger partial charge is 0.257 e. The molecule has 1 unspecified atom stereocenters. The zero-order chi connectivity index (χ0) is 11.7. The first-order valence-electron chi connectivity index (χ1n) is 5.91. The second-order valence-electron chi connectivity index (χ2n) is 4.72. The van der Waals surface area contributed by atoms with Crippen molar-refractivity contribution in [2.24, 2.45) is 13.0 Å². The van der Waals surface area contributed by atoms with E-state index >= 15 is 0 Å². The average molecular weight is 261 g/mol. The van der Waals surface area contributed by atoms with Gasteiger partial charge in [0.2, 0.25) is 0 Å². The summed E-state index contributed by atoms with van der Waals surface area (Å²) in [6, 6.07) is 0. The molecule has 4 heteroatoms. The van der Waals surface area contributed by atoms with E-state index in [0.29, 0.717) is 5.38 Å². The van der Waals surface area contributed by atoms with E-state index in [1.54, 1.807) is 4.68 Å². The maximum absolute atomic E-state index is 6.28. The Morgan fingerprint density at radius 1 is 1.50 bits per heavy atom. The maximum atomic E-state index is 6.28. The standard InChI is InChI=1S/C12H18Cl2N2/c1-8-10(12(14)16(2)15-8)4-3-5-11(13)9-6-7-9/h9,11H,3-7H2,1-2H3. The van der Waals surface area contributed by atoms with Crippen LogP contribution in [-0.4, -0.2) is 15.2 Å². The molecule has 1 aromatic heterocycles. The number of alkyl halides is 1. The van der Waals surface area contributed by atoms with Crippen LogP contribution < -0.4 is 0 Å². The van der Waals surface area contributed by atoms with E-state index in [0.717, 1.165) is 36.0 Å². The van der Waals surface area contributed by atoms with Crippen molar-refractivity contribution in [1.82, 2.24) is 9.78 Å². The third-order valence-corrected chi connectivity index (χ3v) is 4.36. The van der Waals surface area contributed by atoms with Crippen LogP contribution in [0.5, 0.6) is 0 Å². The van der Waals surface area contributed by atoms with Gasteiger partial charge in [-0.1, -0.05) is 11.6 Å². The van der Waals surface area contributed by atoms with Crippen LogP contribution in [0.25, 0.3) is 0 Å². The first-order chi connectivity index (χ1) is 7.59. The molecule has 2 nitrogen and oxygen atoms in total. The summed E-state index contributed by atoms with van der Waals surface area (Å²) in [6.07, 6.45) is 5.84. The lowest BCUT2D eigenvalue weighted by atomic mass is 10.1. The lowest BCUT2D eigenvalue weighted by molar-refractivity contribution is 0.636. The number of nitrogens with zero attached hydrogens (tertiary/aromatic N) is 2. The van der Waals surface area contributed by atoms with Gasteiger partial charge in [0.25, 0.3) is 0 Å². The number of hydrogen-bond donors (Lipinski definition) is 0. The zero-order valence-electron chi connectivity index (χ0n) is 9.84. The van der Waals surface area contributed by atoms with Crippen LogP contribution in [0.1, 0.15) is 36.9 Å². The molecule has 0 aromatic carbocycles. The van der Waals surface area contributed by atoms with Crippen LogP contribution >= 0.6 is 23.2 Å². The fourth-order valence-corrected chi connectivity index (χ4v) is 2.80. The van der Waals surface area contributed by atoms with E-state index in [1.807, 2.05) is 14.0 Å². The van der Waals surface area contributed by atoms with E-state index in [-0.39, 0.29) is 0 Å². The van der Waals surface area contributed by atoms with Crippen LogP contribution in [0.15, 0.2) is 0 Å². The van der Waals surface area contributed by atoms with Gasteiger partial charge in [-0.15, -0.1) is 11.6 Å². The molecule has 0 amide bonds. The lowest BCUT2D eigenvalue weighted by Crippen LogP contribution is -2.02. The highest BCUT2D eigenvalue weighted by Gasteiger charge is 2.29. The van der Waals surface area contributed by atoms with Crippen LogP contribution in [0.2, 0.25) is 5.15 Å². The molecule has 0 spiro atoms. The van der Waals surface area contributed by atoms with E-state index < -0.39 is 0 Å². The average Bonchev–Trinajstić information content (AvgIpc) is 3.02. The van der Waals surface area contributed by atoms with Crippen molar-refractivity contribution in [3.63, 3.8) is 0 Å². The van der Waals surface area contributed by atoms with Gasteiger partial charge in [-0.25, -0.2) is 0 Å². The molecule has 0 aliphatic heterocycles. The molecular formula is C12H18Cl2N2. The molecule has 1 atom stereocenters. The molecule has 0 N–H and O–H groups in total. The highest BCUT2D eigenvalue weighted by atomic mass is 35.5. The second-order valence-corrected chi connectivity index (χ2v) is 5.64. The van der Waals surface area contributed by atoms with Crippen molar-refractivity contribution in [3.05, 3.63) is 16.4 Å². The highest BCUT2D eigenvalue weighted by molar-refractivity contribution is 6.30. The Balaban J connectivity index is 1.84. The fraction of sp³-hybridized carbons (Fsp3) is 0.750. The number of hydrogen-bond acceptors (Lipinski definition) is 1. The van der Waals surface area contributed by atoms with Crippen LogP contribution in [0, 0.1) is 12.8 Å². The summed E-state index contributed by atoms with van der Waals surface area (Å²) >= 11 is 12.4. The van der Waals surface area contributed by atoms with E-state index in [1.165, 1.54) is 18.4 Å². The second kappa shape index (κ2) is 4.97. The van der Waals surface area contributed by atoms with Crippen molar-refractivity contribution >= 4 is 23.2 Å². The molecule has 90 valence electrons. The summed E-state index contributed by atoms with van der Waals surface area (Å²) in [6.45, 7) is 2.01. The van der Waals surface area contributed by atoms with E-state index in [4.69, 9.17) is 23.2 Å². The van der Waals surface area contributed by atoms with Gasteiger partial charge < -0.3 is 0 Å².